The summed E-state index contributed by atoms with van der Waals surface area (Å²) in [7, 11) is 1.70. The van der Waals surface area contributed by atoms with E-state index >= 15 is 0 Å². The van der Waals surface area contributed by atoms with Crippen LogP contribution in [0.15, 0.2) is 40.9 Å². The second-order valence-electron chi connectivity index (χ2n) is 4.05. The van der Waals surface area contributed by atoms with Crippen LogP contribution in [0, 0.1) is 11.6 Å². The highest BCUT2D eigenvalue weighted by atomic mass is 79.9. The first-order chi connectivity index (χ1) is 9.02. The fraction of sp³-hybridized carbons (Fsp3) is 0.143. The van der Waals surface area contributed by atoms with Gasteiger partial charge in [0, 0.05) is 21.1 Å². The van der Waals surface area contributed by atoms with Gasteiger partial charge in [0.1, 0.15) is 11.6 Å². The predicted octanol–water partition coefficient (Wildman–Crippen LogP) is 4.69. The van der Waals surface area contributed by atoms with Crippen LogP contribution in [-0.4, -0.2) is 7.05 Å². The van der Waals surface area contributed by atoms with E-state index in [1.54, 1.807) is 19.2 Å². The number of nitrogens with one attached hydrogen (secondary N) is 1. The summed E-state index contributed by atoms with van der Waals surface area (Å²) in [5, 5.41) is 3.51. The summed E-state index contributed by atoms with van der Waals surface area (Å²) < 4.78 is 27.7. The zero-order valence-electron chi connectivity index (χ0n) is 10.1. The summed E-state index contributed by atoms with van der Waals surface area (Å²) in [5.41, 5.74) is 1.08. The topological polar surface area (TPSA) is 12.0 Å². The quantitative estimate of drug-likeness (QED) is 0.850. The largest absolute Gasteiger partial charge is 0.309 e. The van der Waals surface area contributed by atoms with Crippen molar-refractivity contribution in [1.82, 2.24) is 5.32 Å². The van der Waals surface area contributed by atoms with Gasteiger partial charge in [-0.15, -0.1) is 0 Å². The zero-order valence-corrected chi connectivity index (χ0v) is 12.4. The third-order valence-electron chi connectivity index (χ3n) is 2.83. The molecule has 1 atom stereocenters. The monoisotopic (exact) mass is 345 g/mol. The molecule has 0 aliphatic heterocycles. The van der Waals surface area contributed by atoms with Gasteiger partial charge in [-0.05, 0) is 36.9 Å². The van der Waals surface area contributed by atoms with Gasteiger partial charge in [-0.3, -0.25) is 0 Å². The molecule has 0 radical (unpaired) electrons. The lowest BCUT2D eigenvalue weighted by Crippen LogP contribution is -2.19. The molecule has 0 saturated carbocycles. The van der Waals surface area contributed by atoms with Gasteiger partial charge in [0.15, 0.2) is 0 Å². The molecule has 0 aliphatic rings. The van der Waals surface area contributed by atoms with Gasteiger partial charge in [0.05, 0.1) is 6.04 Å². The van der Waals surface area contributed by atoms with Crippen molar-refractivity contribution in [2.75, 3.05) is 7.05 Å². The Morgan fingerprint density at radius 1 is 1.11 bits per heavy atom. The van der Waals surface area contributed by atoms with Crippen molar-refractivity contribution < 1.29 is 8.78 Å². The Balaban J connectivity index is 2.52. The van der Waals surface area contributed by atoms with E-state index in [0.717, 1.165) is 16.1 Å². The Morgan fingerprint density at radius 2 is 1.84 bits per heavy atom. The van der Waals surface area contributed by atoms with Crippen molar-refractivity contribution >= 4 is 27.5 Å². The number of hydrogen-bond acceptors (Lipinski definition) is 1. The molecule has 2 aromatic carbocycles. The van der Waals surface area contributed by atoms with E-state index in [1.807, 2.05) is 6.07 Å². The van der Waals surface area contributed by atoms with Gasteiger partial charge < -0.3 is 5.32 Å². The predicted molar refractivity (Wildman–Crippen MR) is 76.4 cm³/mol. The molecule has 1 unspecified atom stereocenters. The minimum atomic E-state index is -0.601. The fourth-order valence-electron chi connectivity index (χ4n) is 1.95. The first kappa shape index (κ1) is 14.4. The normalized spacial score (nSPS) is 12.5. The summed E-state index contributed by atoms with van der Waals surface area (Å²) in [5.74, 6) is -1.20. The maximum absolute atomic E-state index is 13.9. The Hall–Kier alpha value is -0.970. The molecular weight excluding hydrogens is 336 g/mol. The summed E-state index contributed by atoms with van der Waals surface area (Å²) in [6, 6.07) is 8.42. The highest BCUT2D eigenvalue weighted by Gasteiger charge is 2.19. The smallest absolute Gasteiger partial charge is 0.131 e. The lowest BCUT2D eigenvalue weighted by molar-refractivity contribution is 0.552. The standard InChI is InChI=1S/C14H11BrClF2N/c1-19-14(10-4-3-9(17)7-13(10)18)11-6-8(15)2-5-12(11)16/h2-7,14,19H,1H3. The van der Waals surface area contributed by atoms with Crippen molar-refractivity contribution in [3.05, 3.63) is 68.7 Å². The van der Waals surface area contributed by atoms with Gasteiger partial charge in [0.2, 0.25) is 0 Å². The van der Waals surface area contributed by atoms with E-state index in [9.17, 15) is 8.78 Å². The van der Waals surface area contributed by atoms with Crippen LogP contribution in [0.3, 0.4) is 0 Å². The van der Waals surface area contributed by atoms with Crippen molar-refractivity contribution in [1.29, 1.82) is 0 Å². The van der Waals surface area contributed by atoms with Crippen LogP contribution in [0.5, 0.6) is 0 Å². The zero-order chi connectivity index (χ0) is 14.0. The second kappa shape index (κ2) is 5.99. The van der Waals surface area contributed by atoms with E-state index in [1.165, 1.54) is 12.1 Å². The number of hydrogen-bond donors (Lipinski definition) is 1. The highest BCUT2D eigenvalue weighted by Crippen LogP contribution is 2.31. The minimum absolute atomic E-state index is 0.351. The van der Waals surface area contributed by atoms with Crippen LogP contribution in [0.1, 0.15) is 17.2 Å². The van der Waals surface area contributed by atoms with Crippen LogP contribution >= 0.6 is 27.5 Å². The Bertz CT molecular complexity index is 604. The van der Waals surface area contributed by atoms with E-state index in [0.29, 0.717) is 10.6 Å². The first-order valence-electron chi connectivity index (χ1n) is 5.60. The van der Waals surface area contributed by atoms with Crippen LogP contribution in [-0.2, 0) is 0 Å². The molecule has 1 nitrogen and oxygen atoms in total. The van der Waals surface area contributed by atoms with Gasteiger partial charge in [-0.25, -0.2) is 8.78 Å². The molecule has 100 valence electrons. The molecule has 1 N–H and O–H groups in total. The number of benzene rings is 2. The van der Waals surface area contributed by atoms with Crippen LogP contribution < -0.4 is 5.32 Å². The molecule has 2 rings (SSSR count). The second-order valence-corrected chi connectivity index (χ2v) is 5.38. The summed E-state index contributed by atoms with van der Waals surface area (Å²) >= 11 is 9.50. The van der Waals surface area contributed by atoms with Crippen molar-refractivity contribution in [3.63, 3.8) is 0 Å². The third-order valence-corrected chi connectivity index (χ3v) is 3.67. The lowest BCUT2D eigenvalue weighted by atomic mass is 9.98. The molecule has 2 aromatic rings. The molecule has 19 heavy (non-hydrogen) atoms. The molecule has 0 amide bonds. The van der Waals surface area contributed by atoms with Gasteiger partial charge in [0.25, 0.3) is 0 Å². The van der Waals surface area contributed by atoms with E-state index in [2.05, 4.69) is 21.2 Å². The van der Waals surface area contributed by atoms with Crippen molar-refractivity contribution in [2.45, 2.75) is 6.04 Å². The van der Waals surface area contributed by atoms with Gasteiger partial charge in [-0.2, -0.15) is 0 Å². The molecular formula is C14H11BrClF2N. The van der Waals surface area contributed by atoms with Gasteiger partial charge in [-0.1, -0.05) is 33.6 Å². The van der Waals surface area contributed by atoms with E-state index < -0.39 is 17.7 Å². The Morgan fingerprint density at radius 3 is 2.47 bits per heavy atom. The molecule has 0 aliphatic carbocycles. The molecule has 0 saturated heterocycles. The number of rotatable bonds is 3. The Labute approximate surface area is 123 Å². The number of halogens is 4. The molecule has 0 aromatic heterocycles. The van der Waals surface area contributed by atoms with Crippen LogP contribution in [0.4, 0.5) is 8.78 Å². The Kier molecular flexibility index (Phi) is 4.55. The molecule has 0 spiro atoms. The average molecular weight is 347 g/mol. The van der Waals surface area contributed by atoms with Gasteiger partial charge >= 0.3 is 0 Å². The SMILES string of the molecule is CNC(c1ccc(F)cc1F)c1cc(Br)ccc1Cl. The molecule has 0 heterocycles. The molecule has 0 bridgehead atoms. The minimum Gasteiger partial charge on any atom is -0.309 e. The van der Waals surface area contributed by atoms with E-state index in [4.69, 9.17) is 11.6 Å². The van der Waals surface area contributed by atoms with Crippen LogP contribution in [0.2, 0.25) is 5.02 Å². The summed E-state index contributed by atoms with van der Waals surface area (Å²) in [6.07, 6.45) is 0. The maximum atomic E-state index is 13.9. The average Bonchev–Trinajstić information content (AvgIpc) is 2.36. The molecule has 0 fully saturated rings. The lowest BCUT2D eigenvalue weighted by Gasteiger charge is -2.19. The van der Waals surface area contributed by atoms with E-state index in [-0.39, 0.29) is 0 Å². The van der Waals surface area contributed by atoms with Crippen molar-refractivity contribution in [3.8, 4) is 0 Å². The maximum Gasteiger partial charge on any atom is 0.131 e. The van der Waals surface area contributed by atoms with Crippen LogP contribution in [0.25, 0.3) is 0 Å². The highest BCUT2D eigenvalue weighted by molar-refractivity contribution is 9.10. The first-order valence-corrected chi connectivity index (χ1v) is 6.77. The third kappa shape index (κ3) is 3.14. The fourth-order valence-corrected chi connectivity index (χ4v) is 2.56. The van der Waals surface area contributed by atoms with Crippen molar-refractivity contribution in [2.24, 2.45) is 0 Å². The molecule has 5 heteroatoms. The summed E-state index contributed by atoms with van der Waals surface area (Å²) in [4.78, 5) is 0. The summed E-state index contributed by atoms with van der Waals surface area (Å²) in [6.45, 7) is 0.